The molecule has 0 saturated carbocycles. The summed E-state index contributed by atoms with van der Waals surface area (Å²) in [7, 11) is 0. The topological polar surface area (TPSA) is 67.9 Å². The van der Waals surface area contributed by atoms with Crippen molar-refractivity contribution in [2.45, 2.75) is 65.6 Å². The van der Waals surface area contributed by atoms with Gasteiger partial charge >= 0.3 is 0 Å². The van der Waals surface area contributed by atoms with Crippen LogP contribution in [0.1, 0.15) is 50.8 Å². The van der Waals surface area contributed by atoms with E-state index in [0.717, 1.165) is 16.7 Å². The highest BCUT2D eigenvalue weighted by Crippen LogP contribution is 2.29. The van der Waals surface area contributed by atoms with E-state index in [1.165, 1.54) is 0 Å². The molecule has 0 aliphatic rings. The van der Waals surface area contributed by atoms with E-state index in [0.29, 0.717) is 47.6 Å². The van der Waals surface area contributed by atoms with Crippen LogP contribution in [0, 0.1) is 0 Å². The number of carbonyl (C=O) groups excluding carboxylic acids is 2. The lowest BCUT2D eigenvalue weighted by Crippen LogP contribution is -2.51. The molecule has 0 radical (unpaired) electrons. The maximum absolute atomic E-state index is 13.9. The van der Waals surface area contributed by atoms with Gasteiger partial charge in [-0.3, -0.25) is 9.59 Å². The van der Waals surface area contributed by atoms with Crippen LogP contribution in [0.5, 0.6) is 11.5 Å². The van der Waals surface area contributed by atoms with Crippen LogP contribution in [-0.2, 0) is 29.0 Å². The fraction of sp³-hybridized carbons (Fsp3) is 0.375. The molecular formula is C32H38Cl2N2O4. The summed E-state index contributed by atoms with van der Waals surface area (Å²) < 4.78 is 11.4. The van der Waals surface area contributed by atoms with Crippen LogP contribution in [0.25, 0.3) is 0 Å². The molecule has 0 aromatic heterocycles. The van der Waals surface area contributed by atoms with Crippen molar-refractivity contribution in [3.63, 3.8) is 0 Å². The highest BCUT2D eigenvalue weighted by molar-refractivity contribution is 6.35. The fourth-order valence-electron chi connectivity index (χ4n) is 4.41. The van der Waals surface area contributed by atoms with Gasteiger partial charge in [-0.05, 0) is 75.1 Å². The molecule has 2 amide bonds. The highest BCUT2D eigenvalue weighted by atomic mass is 35.5. The summed E-state index contributed by atoms with van der Waals surface area (Å²) in [5.41, 5.74) is 2.62. The third-order valence-corrected chi connectivity index (χ3v) is 6.88. The van der Waals surface area contributed by atoms with Crippen molar-refractivity contribution >= 4 is 35.0 Å². The maximum Gasteiger partial charge on any atom is 0.243 e. The van der Waals surface area contributed by atoms with Crippen molar-refractivity contribution < 1.29 is 19.1 Å². The van der Waals surface area contributed by atoms with Crippen LogP contribution in [0.4, 0.5) is 0 Å². The molecule has 1 N–H and O–H groups in total. The van der Waals surface area contributed by atoms with Gasteiger partial charge in [0.25, 0.3) is 0 Å². The fourth-order valence-corrected chi connectivity index (χ4v) is 4.88. The molecule has 0 spiro atoms. The van der Waals surface area contributed by atoms with Crippen LogP contribution in [0.15, 0.2) is 66.7 Å². The summed E-state index contributed by atoms with van der Waals surface area (Å²) in [5.74, 6) is 0.957. The predicted octanol–water partition coefficient (Wildman–Crippen LogP) is 6.89. The molecule has 3 rings (SSSR count). The number of amides is 2. The number of halogens is 2. The average Bonchev–Trinajstić information content (AvgIpc) is 2.92. The van der Waals surface area contributed by atoms with E-state index in [-0.39, 0.29) is 30.8 Å². The second kappa shape index (κ2) is 15.5. The number of benzene rings is 3. The molecule has 3 aromatic carbocycles. The van der Waals surface area contributed by atoms with E-state index >= 15 is 0 Å². The minimum atomic E-state index is -0.733. The molecule has 214 valence electrons. The SMILES string of the molecule is CCOc1ccc(CCC(=O)N(Cc2ccc(Cl)cc2Cl)[C@@H](Cc2ccccc2)C(=O)NC(C)C)cc1OCC. The lowest BCUT2D eigenvalue weighted by molar-refractivity contribution is -0.141. The first-order valence-electron chi connectivity index (χ1n) is 13.7. The van der Waals surface area contributed by atoms with Gasteiger partial charge < -0.3 is 19.7 Å². The number of hydrogen-bond acceptors (Lipinski definition) is 4. The Kier molecular flexibility index (Phi) is 12.2. The van der Waals surface area contributed by atoms with E-state index in [2.05, 4.69) is 5.32 Å². The van der Waals surface area contributed by atoms with Crippen LogP contribution >= 0.6 is 23.2 Å². The number of ether oxygens (including phenoxy) is 2. The Morgan fingerprint density at radius 2 is 1.57 bits per heavy atom. The maximum atomic E-state index is 13.9. The molecule has 0 saturated heterocycles. The van der Waals surface area contributed by atoms with E-state index in [9.17, 15) is 9.59 Å². The van der Waals surface area contributed by atoms with Crippen LogP contribution in [-0.4, -0.2) is 42.0 Å². The summed E-state index contributed by atoms with van der Waals surface area (Å²) in [6, 6.07) is 19.8. The zero-order chi connectivity index (χ0) is 29.1. The van der Waals surface area contributed by atoms with Crippen molar-refractivity contribution in [2.24, 2.45) is 0 Å². The second-order valence-corrected chi connectivity index (χ2v) is 10.6. The van der Waals surface area contributed by atoms with E-state index < -0.39 is 6.04 Å². The lowest BCUT2D eigenvalue weighted by Gasteiger charge is -2.32. The van der Waals surface area contributed by atoms with Gasteiger partial charge in [-0.25, -0.2) is 0 Å². The molecular weight excluding hydrogens is 547 g/mol. The first-order chi connectivity index (χ1) is 19.2. The number of hydrogen-bond donors (Lipinski definition) is 1. The number of nitrogens with one attached hydrogen (secondary N) is 1. The van der Waals surface area contributed by atoms with Gasteiger partial charge in [0.15, 0.2) is 11.5 Å². The van der Waals surface area contributed by atoms with Crippen molar-refractivity contribution in [1.82, 2.24) is 10.2 Å². The molecule has 1 atom stereocenters. The van der Waals surface area contributed by atoms with Crippen LogP contribution < -0.4 is 14.8 Å². The molecule has 40 heavy (non-hydrogen) atoms. The van der Waals surface area contributed by atoms with Gasteiger partial charge in [0.05, 0.1) is 13.2 Å². The van der Waals surface area contributed by atoms with Crippen LogP contribution in [0.3, 0.4) is 0 Å². The summed E-state index contributed by atoms with van der Waals surface area (Å²) in [5, 5.41) is 3.95. The number of aryl methyl sites for hydroxylation is 1. The molecule has 0 bridgehead atoms. The molecule has 0 fully saturated rings. The Labute approximate surface area is 247 Å². The van der Waals surface area contributed by atoms with E-state index in [1.54, 1.807) is 23.1 Å². The smallest absolute Gasteiger partial charge is 0.243 e. The molecule has 0 aliphatic carbocycles. The highest BCUT2D eigenvalue weighted by Gasteiger charge is 2.31. The van der Waals surface area contributed by atoms with Crippen LogP contribution in [0.2, 0.25) is 10.0 Å². The normalized spacial score (nSPS) is 11.7. The van der Waals surface area contributed by atoms with Crippen molar-refractivity contribution in [3.8, 4) is 11.5 Å². The van der Waals surface area contributed by atoms with Gasteiger partial charge in [0, 0.05) is 35.5 Å². The summed E-state index contributed by atoms with van der Waals surface area (Å²) in [6.45, 7) is 8.85. The molecule has 8 heteroatoms. The van der Waals surface area contributed by atoms with Gasteiger partial charge in [-0.2, -0.15) is 0 Å². The molecule has 3 aromatic rings. The predicted molar refractivity (Wildman–Crippen MR) is 161 cm³/mol. The minimum Gasteiger partial charge on any atom is -0.490 e. The lowest BCUT2D eigenvalue weighted by atomic mass is 10.0. The number of carbonyl (C=O) groups is 2. The monoisotopic (exact) mass is 584 g/mol. The summed E-state index contributed by atoms with van der Waals surface area (Å²) in [4.78, 5) is 29.1. The van der Waals surface area contributed by atoms with Crippen molar-refractivity contribution in [3.05, 3.63) is 93.5 Å². The first kappa shape index (κ1) is 31.3. The molecule has 0 heterocycles. The number of nitrogens with zero attached hydrogens (tertiary/aromatic N) is 1. The zero-order valence-corrected chi connectivity index (χ0v) is 25.1. The first-order valence-corrected chi connectivity index (χ1v) is 14.4. The van der Waals surface area contributed by atoms with Gasteiger partial charge in [-0.1, -0.05) is 65.7 Å². The van der Waals surface area contributed by atoms with Gasteiger partial charge in [0.1, 0.15) is 6.04 Å². The second-order valence-electron chi connectivity index (χ2n) is 9.77. The third-order valence-electron chi connectivity index (χ3n) is 6.29. The Hall–Kier alpha value is -3.22. The minimum absolute atomic E-state index is 0.0808. The largest absolute Gasteiger partial charge is 0.490 e. The zero-order valence-electron chi connectivity index (χ0n) is 23.6. The molecule has 0 unspecified atom stereocenters. The number of rotatable bonds is 14. The summed E-state index contributed by atoms with van der Waals surface area (Å²) >= 11 is 12.6. The summed E-state index contributed by atoms with van der Waals surface area (Å²) in [6.07, 6.45) is 1.04. The van der Waals surface area contributed by atoms with Crippen molar-refractivity contribution in [1.29, 1.82) is 0 Å². The van der Waals surface area contributed by atoms with E-state index in [4.69, 9.17) is 32.7 Å². The van der Waals surface area contributed by atoms with Gasteiger partial charge in [-0.15, -0.1) is 0 Å². The molecule has 6 nitrogen and oxygen atoms in total. The Morgan fingerprint density at radius 1 is 0.875 bits per heavy atom. The van der Waals surface area contributed by atoms with Gasteiger partial charge in [0.2, 0.25) is 11.8 Å². The Bertz CT molecular complexity index is 1270. The standard InChI is InChI=1S/C32H38Cl2N2O4/c1-5-39-29-16-12-24(19-30(29)40-6-2)13-17-31(37)36(21-25-14-15-26(33)20-27(25)34)28(32(38)35-22(3)4)18-23-10-8-7-9-11-23/h7-12,14-16,19-20,22,28H,5-6,13,17-18,21H2,1-4H3,(H,35,38)/t28-/m0/s1. The van der Waals surface area contributed by atoms with E-state index in [1.807, 2.05) is 76.2 Å². The molecule has 0 aliphatic heterocycles. The quantitative estimate of drug-likeness (QED) is 0.224. The Morgan fingerprint density at radius 3 is 2.23 bits per heavy atom. The van der Waals surface area contributed by atoms with Crippen molar-refractivity contribution in [2.75, 3.05) is 13.2 Å². The third kappa shape index (κ3) is 9.17. The Balaban J connectivity index is 1.92. The average molecular weight is 586 g/mol.